The highest BCUT2D eigenvalue weighted by Crippen LogP contribution is 2.41. The van der Waals surface area contributed by atoms with E-state index in [2.05, 4.69) is 25.9 Å². The summed E-state index contributed by atoms with van der Waals surface area (Å²) in [6, 6.07) is 17.1. The van der Waals surface area contributed by atoms with Crippen molar-refractivity contribution in [3.05, 3.63) is 111 Å². The van der Waals surface area contributed by atoms with Crippen LogP contribution in [0.1, 0.15) is 101 Å². The summed E-state index contributed by atoms with van der Waals surface area (Å²) in [6.07, 6.45) is 4.50. The molecule has 4 N–H and O–H groups in total. The Balaban J connectivity index is 0.797. The highest BCUT2D eigenvalue weighted by molar-refractivity contribution is 7.13. The summed E-state index contributed by atoms with van der Waals surface area (Å²) in [4.78, 5) is 64.2. The van der Waals surface area contributed by atoms with Gasteiger partial charge in [-0.25, -0.2) is 14.1 Å². The van der Waals surface area contributed by atoms with Crippen LogP contribution in [0.2, 0.25) is 10.0 Å². The monoisotopic (exact) mass is 1110 g/mol. The molecule has 3 aromatic carbocycles. The third-order valence-corrected chi connectivity index (χ3v) is 15.6. The Morgan fingerprint density at radius 1 is 0.974 bits per heavy atom. The minimum atomic E-state index is -1.99. The number of aliphatic hydroxyl groups excluding tert-OH is 1. The number of amides is 4. The van der Waals surface area contributed by atoms with Crippen molar-refractivity contribution in [1.82, 2.24) is 40.6 Å². The molecular weight excluding hydrogens is 1050 g/mol. The van der Waals surface area contributed by atoms with Gasteiger partial charge in [-0.3, -0.25) is 24.2 Å². The minimum Gasteiger partial charge on any atom is -0.491 e. The number of rotatable bonds is 20. The van der Waals surface area contributed by atoms with Crippen molar-refractivity contribution in [1.29, 1.82) is 0 Å². The molecule has 0 radical (unpaired) electrons. The van der Waals surface area contributed by atoms with Gasteiger partial charge in [0.25, 0.3) is 5.91 Å². The van der Waals surface area contributed by atoms with Gasteiger partial charge in [0.1, 0.15) is 48.6 Å². The Morgan fingerprint density at radius 3 is 2.42 bits per heavy atom. The Hall–Kier alpha value is -6.22. The van der Waals surface area contributed by atoms with E-state index in [1.54, 1.807) is 38.7 Å². The van der Waals surface area contributed by atoms with Crippen molar-refractivity contribution in [3.8, 4) is 33.2 Å². The number of halogens is 3. The molecule has 77 heavy (non-hydrogen) atoms. The fourth-order valence-corrected chi connectivity index (χ4v) is 11.1. The summed E-state index contributed by atoms with van der Waals surface area (Å²) >= 11 is 14.4. The largest absolute Gasteiger partial charge is 0.491 e. The van der Waals surface area contributed by atoms with Gasteiger partial charge in [0.2, 0.25) is 17.7 Å². The number of thiazole rings is 1. The van der Waals surface area contributed by atoms with Crippen molar-refractivity contribution >= 4 is 69.1 Å². The first kappa shape index (κ1) is 55.5. The van der Waals surface area contributed by atoms with Crippen LogP contribution in [0.25, 0.3) is 32.6 Å². The van der Waals surface area contributed by atoms with E-state index in [0.29, 0.717) is 39.3 Å². The van der Waals surface area contributed by atoms with Gasteiger partial charge in [0, 0.05) is 67.1 Å². The number of pyridine rings is 1. The quantitative estimate of drug-likeness (QED) is 0.0529. The summed E-state index contributed by atoms with van der Waals surface area (Å²) in [7, 11) is 0. The van der Waals surface area contributed by atoms with E-state index < -0.39 is 53.1 Å². The number of aliphatic hydroxyl groups is 1. The molecule has 17 nitrogen and oxygen atoms in total. The molecule has 5 atom stereocenters. The Bertz CT molecular complexity index is 3100. The molecule has 1 aliphatic carbocycles. The zero-order valence-electron chi connectivity index (χ0n) is 43.6. The lowest BCUT2D eigenvalue weighted by molar-refractivity contribution is -0.145. The van der Waals surface area contributed by atoms with Crippen LogP contribution in [0.5, 0.6) is 11.5 Å². The van der Waals surface area contributed by atoms with Crippen LogP contribution < -0.4 is 25.4 Å². The van der Waals surface area contributed by atoms with E-state index >= 15 is 0 Å². The van der Waals surface area contributed by atoms with Crippen LogP contribution >= 0.6 is 34.5 Å². The fraction of sp³-hybridized carbons (Fsp3) is 0.446. The van der Waals surface area contributed by atoms with E-state index in [1.807, 2.05) is 79.2 Å². The lowest BCUT2D eigenvalue weighted by Crippen LogP contribution is -2.59. The SMILES string of the molecule is Cc1ncsc1-c1ccc(CNC(=O)[C@@H]2C[C@@H](O)CN2C(=O)[C@@H](NC(=O)C2(F)CC2)C(C)(C)C)c(OCCOCC(=O)NCc2ccc(-c3nn(C4CCCCO4)c4ccc(O[C@H](C)c5c(Cl)cncc5Cl)cc34)cc2)c1. The van der Waals surface area contributed by atoms with Gasteiger partial charge < -0.3 is 44.9 Å². The molecule has 3 aromatic heterocycles. The van der Waals surface area contributed by atoms with Gasteiger partial charge in [-0.2, -0.15) is 5.10 Å². The fourth-order valence-electron chi connectivity index (χ4n) is 9.60. The summed E-state index contributed by atoms with van der Waals surface area (Å²) < 4.78 is 41.1. The zero-order valence-corrected chi connectivity index (χ0v) is 45.9. The highest BCUT2D eigenvalue weighted by Gasteiger charge is 2.53. The molecule has 21 heteroatoms. The van der Waals surface area contributed by atoms with Crippen LogP contribution in [0.3, 0.4) is 0 Å². The lowest BCUT2D eigenvalue weighted by Gasteiger charge is -2.35. The number of hydrogen-bond donors (Lipinski definition) is 4. The van der Waals surface area contributed by atoms with Crippen LogP contribution in [-0.4, -0.2) is 110 Å². The molecule has 4 amide bonds. The van der Waals surface area contributed by atoms with Crippen LogP contribution in [-0.2, 0) is 41.7 Å². The van der Waals surface area contributed by atoms with Gasteiger partial charge >= 0.3 is 0 Å². The number of likely N-dealkylation sites (tertiary alicyclic amines) is 1. The van der Waals surface area contributed by atoms with Crippen LogP contribution in [0, 0.1) is 12.3 Å². The molecule has 9 rings (SSSR count). The van der Waals surface area contributed by atoms with Gasteiger partial charge in [0.05, 0.1) is 44.4 Å². The number of aryl methyl sites for hydroxylation is 1. The Kier molecular flexibility index (Phi) is 17.2. The molecule has 408 valence electrons. The standard InChI is InChI=1S/C56H63Cl2FN8O9S/c1-32-50(77-31-63-32)36-13-14-37(26-62-52(70)44-23-38(68)29-66(44)53(71)51(55(3,4)5)64-54(72)56(59)17-18-56)45(22-36)74-21-20-73-30-46(69)61-25-34-9-11-35(12-10-34)49-40-24-39(76-33(2)48-41(57)27-60-28-42(48)58)15-16-43(40)67(65-49)47-8-6-7-19-75-47/h9-16,22,24,27-28,31,33,38,44,47,51,68H,6-8,17-21,23,25-26,29-30H2,1-5H3,(H,61,69)(H,62,70)(H,64,72)/t33-,38-,44+,47?,51-/m1/s1. The number of hydrogen-bond acceptors (Lipinski definition) is 13. The van der Waals surface area contributed by atoms with Crippen molar-refractivity contribution in [3.63, 3.8) is 0 Å². The molecule has 2 saturated heterocycles. The topological polar surface area (TPSA) is 208 Å². The third kappa shape index (κ3) is 13.0. The lowest BCUT2D eigenvalue weighted by atomic mass is 9.85. The van der Waals surface area contributed by atoms with E-state index in [1.165, 1.54) is 16.2 Å². The number of benzene rings is 3. The number of carbonyl (C=O) groups is 4. The summed E-state index contributed by atoms with van der Waals surface area (Å²) in [5.74, 6) is -1.17. The zero-order chi connectivity index (χ0) is 54.6. The van der Waals surface area contributed by atoms with Crippen LogP contribution in [0.15, 0.2) is 78.6 Å². The maximum Gasteiger partial charge on any atom is 0.258 e. The molecule has 3 aliphatic rings. The number of fused-ring (bicyclic) bond motifs is 1. The summed E-state index contributed by atoms with van der Waals surface area (Å²) in [6.45, 7) is 9.80. The second kappa shape index (κ2) is 23.8. The second-order valence-corrected chi connectivity index (χ2v) is 22.6. The number of nitrogens with one attached hydrogen (secondary N) is 3. The normalized spacial score (nSPS) is 18.9. The minimum absolute atomic E-state index is 0.0128. The number of alkyl halides is 1. The number of nitrogens with zero attached hydrogens (tertiary/aromatic N) is 5. The highest BCUT2D eigenvalue weighted by atomic mass is 35.5. The van der Waals surface area contributed by atoms with E-state index in [-0.39, 0.29) is 70.9 Å². The molecule has 6 aromatic rings. The Labute approximate surface area is 460 Å². The summed E-state index contributed by atoms with van der Waals surface area (Å²) in [5.41, 5.74) is 5.33. The average molecular weight is 1110 g/mol. The van der Waals surface area contributed by atoms with Crippen molar-refractivity contribution in [2.24, 2.45) is 5.41 Å². The maximum absolute atomic E-state index is 14.7. The third-order valence-electron chi connectivity index (χ3n) is 14.0. The number of carbonyl (C=O) groups excluding carboxylic acids is 4. The predicted molar refractivity (Wildman–Crippen MR) is 290 cm³/mol. The molecule has 1 saturated carbocycles. The molecule has 1 unspecified atom stereocenters. The first-order valence-corrected chi connectivity index (χ1v) is 27.5. The van der Waals surface area contributed by atoms with E-state index in [4.69, 9.17) is 47.2 Å². The Morgan fingerprint density at radius 2 is 1.73 bits per heavy atom. The smallest absolute Gasteiger partial charge is 0.258 e. The summed E-state index contributed by atoms with van der Waals surface area (Å²) in [5, 5.41) is 25.9. The van der Waals surface area contributed by atoms with Gasteiger partial charge in [-0.05, 0) is 86.8 Å². The van der Waals surface area contributed by atoms with E-state index in [9.17, 15) is 28.7 Å². The molecule has 0 bridgehead atoms. The molecular formula is C56H63Cl2FN8O9S. The van der Waals surface area contributed by atoms with Gasteiger partial charge in [-0.1, -0.05) is 80.4 Å². The first-order valence-electron chi connectivity index (χ1n) is 25.8. The second-order valence-electron chi connectivity index (χ2n) is 20.9. The molecule has 2 aliphatic heterocycles. The van der Waals surface area contributed by atoms with Crippen molar-refractivity contribution < 1.29 is 47.6 Å². The van der Waals surface area contributed by atoms with Gasteiger partial charge in [-0.15, -0.1) is 11.3 Å². The number of β-amino-alcohol motifs (C(OH)–C–C–N with tert-alkyl or cyclic N) is 1. The molecule has 0 spiro atoms. The number of ether oxygens (including phenoxy) is 4. The molecule has 3 fully saturated rings. The van der Waals surface area contributed by atoms with Crippen molar-refractivity contribution in [2.45, 2.75) is 122 Å². The van der Waals surface area contributed by atoms with Crippen LogP contribution in [0.4, 0.5) is 4.39 Å². The average Bonchev–Trinajstić information content (AvgIpc) is 3.65. The van der Waals surface area contributed by atoms with Gasteiger partial charge in [0.15, 0.2) is 11.9 Å². The maximum atomic E-state index is 14.7. The number of aromatic nitrogens is 4. The first-order chi connectivity index (χ1) is 36.9. The van der Waals surface area contributed by atoms with Crippen molar-refractivity contribution in [2.75, 3.05) is 33.0 Å². The van der Waals surface area contributed by atoms with E-state index in [0.717, 1.165) is 63.1 Å². The molecule has 5 heterocycles. The predicted octanol–water partition coefficient (Wildman–Crippen LogP) is 9.00.